The van der Waals surface area contributed by atoms with E-state index in [0.29, 0.717) is 0 Å². The monoisotopic (exact) mass is 895 g/mol. The van der Waals surface area contributed by atoms with E-state index in [2.05, 4.69) is 101 Å². The maximum Gasteiger partial charge on any atom is 0 e. The van der Waals surface area contributed by atoms with E-state index in [-0.39, 0.29) is 43.5 Å². The Hall–Kier alpha value is -1.72. The second-order valence-electron chi connectivity index (χ2n) is 13.7. The zero-order chi connectivity index (χ0) is 31.9. The van der Waals surface area contributed by atoms with Crippen LogP contribution in [0.25, 0.3) is 32.9 Å². The number of rotatable bonds is 10. The van der Waals surface area contributed by atoms with Gasteiger partial charge in [0.25, 0.3) is 0 Å². The first-order valence-electron chi connectivity index (χ1n) is 16.1. The Labute approximate surface area is 285 Å². The van der Waals surface area contributed by atoms with Gasteiger partial charge in [0.2, 0.25) is 0 Å². The van der Waals surface area contributed by atoms with Crippen molar-refractivity contribution in [2.75, 3.05) is 0 Å². The molecule has 0 bridgehead atoms. The van der Waals surface area contributed by atoms with Gasteiger partial charge in [0.05, 0.1) is 5.76 Å². The van der Waals surface area contributed by atoms with Crippen LogP contribution in [0.1, 0.15) is 53.4 Å². The van der Waals surface area contributed by atoms with E-state index in [1.54, 1.807) is 0 Å². The third kappa shape index (κ3) is 9.64. The normalized spacial score (nSPS) is 12.3. The van der Waals surface area contributed by atoms with E-state index in [1.165, 1.54) is 31.0 Å². The van der Waals surface area contributed by atoms with Gasteiger partial charge in [-0.1, -0.05) is 27.7 Å². The van der Waals surface area contributed by atoms with Gasteiger partial charge in [0, 0.05) is 38.0 Å². The first-order chi connectivity index (χ1) is 20.2. The van der Waals surface area contributed by atoms with E-state index >= 15 is 0 Å². The molecule has 6 heteroatoms. The van der Waals surface area contributed by atoms with Crippen LogP contribution in [-0.2, 0) is 24.9 Å². The average molecular weight is 892 g/mol. The summed E-state index contributed by atoms with van der Waals surface area (Å²) in [6.45, 7) is 8.07. The molecule has 0 saturated heterocycles. The Morgan fingerprint density at radius 3 is 1.82 bits per heavy atom. The van der Waals surface area contributed by atoms with Gasteiger partial charge in [-0.15, -0.1) is 0 Å². The number of aromatic nitrogens is 1. The van der Waals surface area contributed by atoms with Gasteiger partial charge in [-0.05, 0) is 25.7 Å². The summed E-state index contributed by atoms with van der Waals surface area (Å²) in [4.78, 5) is 16.8. The van der Waals surface area contributed by atoms with Crippen molar-refractivity contribution < 1.29 is 30.0 Å². The van der Waals surface area contributed by atoms with E-state index in [0.717, 1.165) is 42.5 Å². The fourth-order valence-corrected chi connectivity index (χ4v) is 12.4. The van der Waals surface area contributed by atoms with Crippen LogP contribution in [0, 0.1) is 17.9 Å². The molecule has 0 spiro atoms. The number of aliphatic hydroxyl groups is 1. The molecule has 1 radical (unpaired) electrons. The van der Waals surface area contributed by atoms with Crippen molar-refractivity contribution in [3.63, 3.8) is 0 Å². The summed E-state index contributed by atoms with van der Waals surface area (Å²) < 4.78 is 3.07. The topological polar surface area (TPSA) is 50.2 Å². The van der Waals surface area contributed by atoms with Crippen LogP contribution in [0.4, 0.5) is 0 Å². The molecule has 44 heavy (non-hydrogen) atoms. The number of pyridine rings is 1. The van der Waals surface area contributed by atoms with Gasteiger partial charge in [0.1, 0.15) is 0 Å². The fourth-order valence-electron chi connectivity index (χ4n) is 5.70. The van der Waals surface area contributed by atoms with Gasteiger partial charge >= 0.3 is 175 Å². The van der Waals surface area contributed by atoms with E-state index in [9.17, 15) is 9.90 Å². The molecule has 0 unspecified atom stereocenters. The predicted octanol–water partition coefficient (Wildman–Crippen LogP) is 9.81. The van der Waals surface area contributed by atoms with E-state index in [4.69, 9.17) is 4.98 Å². The molecule has 1 heterocycles. The van der Waals surface area contributed by atoms with Gasteiger partial charge in [-0.25, -0.2) is 0 Å². The molecule has 1 aromatic heterocycles. The maximum atomic E-state index is 11.7. The number of hydrogen-bond acceptors (Lipinski definition) is 3. The van der Waals surface area contributed by atoms with Crippen molar-refractivity contribution >= 4 is 62.8 Å². The Balaban J connectivity index is 0.000000363. The van der Waals surface area contributed by atoms with Crippen molar-refractivity contribution in [3.05, 3.63) is 78.6 Å². The van der Waals surface area contributed by atoms with E-state index in [1.807, 2.05) is 27.7 Å². The summed E-state index contributed by atoms with van der Waals surface area (Å²) in [5.74, 6) is 15.3. The number of allylic oxidation sites excluding steroid dienone is 2. The number of carbonyl (C=O) groups excluding carboxylic acids is 1. The molecular weight excluding hydrogens is 840 g/mol. The number of carbonyl (C=O) groups is 1. The van der Waals surface area contributed by atoms with Crippen LogP contribution in [0.5, 0.6) is 0 Å². The van der Waals surface area contributed by atoms with Crippen LogP contribution in [0.15, 0.2) is 72.5 Å². The minimum absolute atomic E-state index is 0. The quantitative estimate of drug-likeness (QED) is 0.0747. The summed E-state index contributed by atoms with van der Waals surface area (Å²) in [7, 11) is 0. The van der Waals surface area contributed by atoms with Crippen molar-refractivity contribution in [2.24, 2.45) is 11.8 Å². The number of ketones is 1. The average Bonchev–Trinajstić information content (AvgIpc) is 2.96. The molecule has 0 aliphatic heterocycles. The summed E-state index contributed by atoms with van der Waals surface area (Å²) >= 11 is -4.10. The van der Waals surface area contributed by atoms with Gasteiger partial charge in [-0.2, -0.15) is 0 Å². The number of benzene rings is 3. The van der Waals surface area contributed by atoms with Crippen LogP contribution >= 0.6 is 0 Å². The largest absolute Gasteiger partial charge is 0 e. The smallest absolute Gasteiger partial charge is 0 e. The molecule has 3 aromatic carbocycles. The Morgan fingerprint density at radius 1 is 0.773 bits per heavy atom. The van der Waals surface area contributed by atoms with Crippen molar-refractivity contribution in [1.29, 1.82) is 0 Å². The Bertz CT molecular complexity index is 1480. The number of hydrogen-bond donors (Lipinski definition) is 1. The summed E-state index contributed by atoms with van der Waals surface area (Å²) in [6, 6.07) is 25.8. The van der Waals surface area contributed by atoms with Crippen LogP contribution < -0.4 is 8.79 Å². The zero-order valence-corrected chi connectivity index (χ0v) is 35.1. The predicted molar refractivity (Wildman–Crippen MR) is 193 cm³/mol. The SMILES string of the molecule is CCC(CC)C(=O)/C=C(\O)C(CC)CC.[CH3][Ge]([CH3])([CH3])[c]1cc(-c2c[c]([Ge]([CH3])([CH3])[CH3])c3ccccc3n2)[c-]c2ccccc12.[Ir]. The third-order valence-corrected chi connectivity index (χ3v) is 17.0. The second-order valence-corrected chi connectivity index (χ2v) is 34.9. The number of aliphatic hydroxyl groups excluding tert-OH is 1. The van der Waals surface area contributed by atoms with Crippen molar-refractivity contribution in [3.8, 4) is 11.3 Å². The molecule has 3 nitrogen and oxygen atoms in total. The van der Waals surface area contributed by atoms with Crippen molar-refractivity contribution in [2.45, 2.75) is 87.9 Å². The standard InChI is InChI=1S/C25H28Ge2N.C13H24O2.Ir/c1-26(2,3)22-16-19(15-18-11-7-8-12-20(18)22)25-17-23(27(4,5)6)21-13-9-10-14-24(21)28-25;1-5-10(6-2)12(14)9-13(15)11(7-3)8-4;/h7-14,16-17H,1-6H3;9-11,14H,5-8H2,1-4H3;/q-1;;/b;12-9-;. The molecule has 239 valence electrons. The molecule has 0 amide bonds. The van der Waals surface area contributed by atoms with E-state index < -0.39 is 26.5 Å². The molecular formula is C38H52Ge2IrNO2-. The van der Waals surface area contributed by atoms with Crippen LogP contribution in [0.3, 0.4) is 0 Å². The molecule has 1 N–H and O–H groups in total. The second kappa shape index (κ2) is 16.7. The summed E-state index contributed by atoms with van der Waals surface area (Å²) in [6.07, 6.45) is 4.91. The molecule has 0 aliphatic rings. The number of nitrogens with zero attached hydrogens (tertiary/aromatic N) is 1. The van der Waals surface area contributed by atoms with Crippen LogP contribution in [-0.4, -0.2) is 42.4 Å². The maximum absolute atomic E-state index is 11.7. The Morgan fingerprint density at radius 2 is 1.27 bits per heavy atom. The summed E-state index contributed by atoms with van der Waals surface area (Å²) in [5.41, 5.74) is 3.33. The third-order valence-electron chi connectivity index (χ3n) is 8.47. The van der Waals surface area contributed by atoms with Gasteiger partial charge in [-0.3, -0.25) is 4.79 Å². The Kier molecular flexibility index (Phi) is 14.6. The summed E-state index contributed by atoms with van der Waals surface area (Å²) in [5, 5.41) is 13.7. The molecule has 0 saturated carbocycles. The molecule has 4 aromatic rings. The molecule has 4 rings (SSSR count). The van der Waals surface area contributed by atoms with Gasteiger partial charge < -0.3 is 5.11 Å². The molecule has 0 aliphatic carbocycles. The van der Waals surface area contributed by atoms with Crippen LogP contribution in [0.2, 0.25) is 34.5 Å². The number of fused-ring (bicyclic) bond motifs is 2. The zero-order valence-electron chi connectivity index (χ0n) is 28.5. The fraction of sp³-hybridized carbons (Fsp3) is 0.421. The molecule has 0 fully saturated rings. The molecule has 0 atom stereocenters. The number of para-hydroxylation sites is 1. The first kappa shape index (κ1) is 38.5. The minimum atomic E-state index is -2.05. The van der Waals surface area contributed by atoms with Crippen molar-refractivity contribution in [1.82, 2.24) is 4.98 Å². The first-order valence-corrected chi connectivity index (χ1v) is 30.7. The minimum Gasteiger partial charge on any atom is 0 e. The van der Waals surface area contributed by atoms with Gasteiger partial charge in [0.15, 0.2) is 5.78 Å².